The number of carbonyl (C=O) groups is 1. The fourth-order valence-electron chi connectivity index (χ4n) is 3.05. The third-order valence-electron chi connectivity index (χ3n) is 4.40. The minimum absolute atomic E-state index is 0.256. The first kappa shape index (κ1) is 21.7. The number of nitrogens with two attached hydrogens (primary N) is 1. The van der Waals surface area contributed by atoms with Crippen LogP contribution in [0.15, 0.2) is 36.4 Å². The van der Waals surface area contributed by atoms with E-state index in [1.165, 1.54) is 5.56 Å². The lowest BCUT2D eigenvalue weighted by Crippen LogP contribution is -2.34. The van der Waals surface area contributed by atoms with Gasteiger partial charge >= 0.3 is 0 Å². The molecule has 0 aromatic heterocycles. The highest BCUT2D eigenvalue weighted by atomic mass is 16.5. The zero-order chi connectivity index (χ0) is 20.7. The van der Waals surface area contributed by atoms with Crippen LogP contribution in [0, 0.1) is 6.92 Å². The van der Waals surface area contributed by atoms with Crippen LogP contribution in [0.1, 0.15) is 47.1 Å². The highest BCUT2D eigenvalue weighted by Gasteiger charge is 2.17. The first-order valence-electron chi connectivity index (χ1n) is 9.56. The molecule has 0 aliphatic heterocycles. The average Bonchev–Trinajstić information content (AvgIpc) is 2.64. The summed E-state index contributed by atoms with van der Waals surface area (Å²) in [6.45, 7) is 7.66. The van der Waals surface area contributed by atoms with Crippen molar-refractivity contribution < 1.29 is 14.3 Å². The fourth-order valence-corrected chi connectivity index (χ4v) is 3.05. The minimum atomic E-state index is -0.600. The van der Waals surface area contributed by atoms with E-state index in [0.29, 0.717) is 30.3 Å². The van der Waals surface area contributed by atoms with Gasteiger partial charge in [0.1, 0.15) is 6.17 Å². The number of amides is 1. The van der Waals surface area contributed by atoms with Gasteiger partial charge in [-0.25, -0.2) is 0 Å². The summed E-state index contributed by atoms with van der Waals surface area (Å²) >= 11 is 0. The molecule has 1 amide bonds. The van der Waals surface area contributed by atoms with Gasteiger partial charge in [-0.1, -0.05) is 18.2 Å². The maximum atomic E-state index is 12.7. The van der Waals surface area contributed by atoms with Crippen molar-refractivity contribution in [3.63, 3.8) is 0 Å². The van der Waals surface area contributed by atoms with E-state index in [9.17, 15) is 4.79 Å². The molecule has 3 N–H and O–H groups in total. The molecular weight excluding hydrogens is 354 g/mol. The SMILES string of the molecule is CCOc1ccc(C(=O)NC(N)c2cccc(CN(C)C)c2C)cc1OCC. The summed E-state index contributed by atoms with van der Waals surface area (Å²) in [5.74, 6) is 0.918. The Morgan fingerprint density at radius 3 is 2.43 bits per heavy atom. The summed E-state index contributed by atoms with van der Waals surface area (Å²) in [6, 6.07) is 11.1. The third kappa shape index (κ3) is 5.47. The Kier molecular flexibility index (Phi) is 7.84. The highest BCUT2D eigenvalue weighted by molar-refractivity contribution is 5.95. The molecule has 0 aliphatic rings. The van der Waals surface area contributed by atoms with Crippen LogP contribution < -0.4 is 20.5 Å². The number of carbonyl (C=O) groups excluding carboxylic acids is 1. The van der Waals surface area contributed by atoms with Crippen LogP contribution in [0.2, 0.25) is 0 Å². The van der Waals surface area contributed by atoms with Crippen molar-refractivity contribution in [3.8, 4) is 11.5 Å². The second-order valence-corrected chi connectivity index (χ2v) is 6.85. The van der Waals surface area contributed by atoms with Gasteiger partial charge in [0.2, 0.25) is 0 Å². The molecule has 0 spiro atoms. The molecule has 0 heterocycles. The van der Waals surface area contributed by atoms with E-state index < -0.39 is 6.17 Å². The number of benzene rings is 2. The van der Waals surface area contributed by atoms with Crippen molar-refractivity contribution in [2.24, 2.45) is 5.73 Å². The number of hydrogen-bond donors (Lipinski definition) is 2. The molecule has 0 radical (unpaired) electrons. The standard InChI is InChI=1S/C22H31N3O3/c1-6-27-19-12-11-16(13-20(19)28-7-2)22(26)24-21(23)18-10-8-9-17(15(18)3)14-25(4)5/h8-13,21H,6-7,14,23H2,1-5H3,(H,24,26). The second-order valence-electron chi connectivity index (χ2n) is 6.85. The van der Waals surface area contributed by atoms with E-state index >= 15 is 0 Å². The molecule has 0 aliphatic carbocycles. The quantitative estimate of drug-likeness (QED) is 0.648. The first-order valence-corrected chi connectivity index (χ1v) is 9.56. The van der Waals surface area contributed by atoms with Gasteiger partial charge in [-0.2, -0.15) is 0 Å². The molecule has 6 heteroatoms. The van der Waals surface area contributed by atoms with Gasteiger partial charge in [0.15, 0.2) is 11.5 Å². The van der Waals surface area contributed by atoms with Crippen molar-refractivity contribution in [1.82, 2.24) is 10.2 Å². The second kappa shape index (κ2) is 10.1. The van der Waals surface area contributed by atoms with Gasteiger partial charge in [-0.05, 0) is 69.8 Å². The van der Waals surface area contributed by atoms with Gasteiger partial charge in [-0.3, -0.25) is 4.79 Å². The van der Waals surface area contributed by atoms with Crippen molar-refractivity contribution >= 4 is 5.91 Å². The van der Waals surface area contributed by atoms with Gasteiger partial charge < -0.3 is 25.4 Å². The lowest BCUT2D eigenvalue weighted by atomic mass is 10.00. The van der Waals surface area contributed by atoms with Crippen LogP contribution in [0.4, 0.5) is 0 Å². The van der Waals surface area contributed by atoms with Crippen LogP contribution in [-0.2, 0) is 6.54 Å². The Labute approximate surface area is 167 Å². The van der Waals surface area contributed by atoms with E-state index in [0.717, 1.165) is 17.7 Å². The summed E-state index contributed by atoms with van der Waals surface area (Å²) in [5, 5.41) is 2.88. The molecule has 152 valence electrons. The van der Waals surface area contributed by atoms with Gasteiger partial charge in [0.25, 0.3) is 5.91 Å². The van der Waals surface area contributed by atoms with Crippen LogP contribution >= 0.6 is 0 Å². The largest absolute Gasteiger partial charge is 0.490 e. The van der Waals surface area contributed by atoms with Crippen LogP contribution in [-0.4, -0.2) is 38.1 Å². The molecule has 2 aromatic carbocycles. The molecule has 2 aromatic rings. The molecular formula is C22H31N3O3. The van der Waals surface area contributed by atoms with Crippen molar-refractivity contribution in [2.45, 2.75) is 33.5 Å². The smallest absolute Gasteiger partial charge is 0.252 e. The average molecular weight is 386 g/mol. The van der Waals surface area contributed by atoms with Crippen molar-refractivity contribution in [1.29, 1.82) is 0 Å². The molecule has 1 unspecified atom stereocenters. The predicted octanol–water partition coefficient (Wildman–Crippen LogP) is 3.24. The van der Waals surface area contributed by atoms with Gasteiger partial charge in [0, 0.05) is 12.1 Å². The topological polar surface area (TPSA) is 76.8 Å². The molecule has 0 saturated heterocycles. The highest BCUT2D eigenvalue weighted by Crippen LogP contribution is 2.29. The molecule has 2 rings (SSSR count). The Morgan fingerprint density at radius 2 is 1.79 bits per heavy atom. The van der Waals surface area contributed by atoms with Crippen LogP contribution in [0.25, 0.3) is 0 Å². The van der Waals surface area contributed by atoms with E-state index in [1.54, 1.807) is 18.2 Å². The normalized spacial score (nSPS) is 12.0. The zero-order valence-corrected chi connectivity index (χ0v) is 17.4. The number of nitrogens with zero attached hydrogens (tertiary/aromatic N) is 1. The first-order chi connectivity index (χ1) is 13.4. The zero-order valence-electron chi connectivity index (χ0n) is 17.4. The van der Waals surface area contributed by atoms with Gasteiger partial charge in [-0.15, -0.1) is 0 Å². The summed E-state index contributed by atoms with van der Waals surface area (Å²) in [6.07, 6.45) is -0.600. The van der Waals surface area contributed by atoms with E-state index in [1.807, 2.05) is 47.0 Å². The van der Waals surface area contributed by atoms with E-state index in [4.69, 9.17) is 15.2 Å². The molecule has 0 saturated carbocycles. The Morgan fingerprint density at radius 1 is 1.11 bits per heavy atom. The predicted molar refractivity (Wildman–Crippen MR) is 112 cm³/mol. The summed E-state index contributed by atoms with van der Waals surface area (Å²) in [4.78, 5) is 14.8. The van der Waals surface area contributed by atoms with Crippen molar-refractivity contribution in [2.75, 3.05) is 27.3 Å². The van der Waals surface area contributed by atoms with Crippen LogP contribution in [0.5, 0.6) is 11.5 Å². The fraction of sp³-hybridized carbons (Fsp3) is 0.409. The summed E-state index contributed by atoms with van der Waals surface area (Å²) < 4.78 is 11.2. The monoisotopic (exact) mass is 385 g/mol. The summed E-state index contributed by atoms with van der Waals surface area (Å²) in [7, 11) is 4.05. The number of ether oxygens (including phenoxy) is 2. The van der Waals surface area contributed by atoms with Crippen LogP contribution in [0.3, 0.4) is 0 Å². The number of hydrogen-bond acceptors (Lipinski definition) is 5. The lowest BCUT2D eigenvalue weighted by molar-refractivity contribution is 0.0937. The molecule has 6 nitrogen and oxygen atoms in total. The third-order valence-corrected chi connectivity index (χ3v) is 4.40. The molecule has 1 atom stereocenters. The van der Waals surface area contributed by atoms with E-state index in [2.05, 4.69) is 16.3 Å². The minimum Gasteiger partial charge on any atom is -0.490 e. The van der Waals surface area contributed by atoms with Gasteiger partial charge in [0.05, 0.1) is 13.2 Å². The Balaban J connectivity index is 2.19. The maximum absolute atomic E-state index is 12.7. The number of rotatable bonds is 9. The number of nitrogens with one attached hydrogen (secondary N) is 1. The molecule has 0 fully saturated rings. The Bertz CT molecular complexity index is 806. The molecule has 0 bridgehead atoms. The Hall–Kier alpha value is -2.57. The molecule has 28 heavy (non-hydrogen) atoms. The lowest BCUT2D eigenvalue weighted by Gasteiger charge is -2.20. The summed E-state index contributed by atoms with van der Waals surface area (Å²) in [5.41, 5.74) is 9.96. The van der Waals surface area contributed by atoms with Crippen molar-refractivity contribution in [3.05, 3.63) is 58.7 Å². The maximum Gasteiger partial charge on any atom is 0.252 e. The van der Waals surface area contributed by atoms with E-state index in [-0.39, 0.29) is 5.91 Å².